The van der Waals surface area contributed by atoms with E-state index >= 15 is 0 Å². The molecule has 0 aromatic rings. The van der Waals surface area contributed by atoms with Crippen LogP contribution in [0.15, 0.2) is 0 Å². The molecule has 0 rings (SSSR count). The van der Waals surface area contributed by atoms with Gasteiger partial charge in [-0.3, -0.25) is 9.59 Å². The fourth-order valence-electron chi connectivity index (χ4n) is 1.08. The molecule has 0 bridgehead atoms. The van der Waals surface area contributed by atoms with Gasteiger partial charge in [-0.25, -0.2) is 0 Å². The van der Waals surface area contributed by atoms with Crippen molar-refractivity contribution in [3.05, 3.63) is 0 Å². The summed E-state index contributed by atoms with van der Waals surface area (Å²) in [6, 6.07) is 1.57. The molecule has 16 heavy (non-hydrogen) atoms. The van der Waals surface area contributed by atoms with Gasteiger partial charge in [-0.05, 0) is 5.92 Å². The van der Waals surface area contributed by atoms with E-state index in [0.29, 0.717) is 0 Å². The smallest absolute Gasteiger partial charge is 0.305 e. The number of nitrogens with zero attached hydrogens (tertiary/aromatic N) is 1. The first-order valence-electron chi connectivity index (χ1n) is 4.93. The molecule has 1 atom stereocenters. The highest BCUT2D eigenvalue weighted by atomic mass is 32.2. The molecule has 0 radical (unpaired) electrons. The van der Waals surface area contributed by atoms with Crippen molar-refractivity contribution in [2.75, 3.05) is 11.5 Å². The SMILES string of the molecule is CC(C)C(CC(=O)O)NC(=O)CSCC#N. The van der Waals surface area contributed by atoms with Crippen LogP contribution in [0.1, 0.15) is 20.3 Å². The van der Waals surface area contributed by atoms with Gasteiger partial charge in [-0.15, -0.1) is 11.8 Å². The number of nitrogens with one attached hydrogen (secondary N) is 1. The molecule has 0 aromatic carbocycles. The van der Waals surface area contributed by atoms with Crippen LogP contribution >= 0.6 is 11.8 Å². The third-order valence-corrected chi connectivity index (χ3v) is 2.74. The molecule has 0 aliphatic carbocycles. The lowest BCUT2D eigenvalue weighted by Gasteiger charge is -2.20. The maximum atomic E-state index is 11.4. The summed E-state index contributed by atoms with van der Waals surface area (Å²) in [6.07, 6.45) is -0.0771. The lowest BCUT2D eigenvalue weighted by Crippen LogP contribution is -2.41. The first-order valence-corrected chi connectivity index (χ1v) is 6.08. The lowest BCUT2D eigenvalue weighted by atomic mass is 10.0. The van der Waals surface area contributed by atoms with E-state index in [0.717, 1.165) is 0 Å². The Labute approximate surface area is 99.2 Å². The monoisotopic (exact) mass is 244 g/mol. The summed E-state index contributed by atoms with van der Waals surface area (Å²) >= 11 is 1.21. The van der Waals surface area contributed by atoms with Crippen LogP contribution in [0, 0.1) is 17.2 Å². The average molecular weight is 244 g/mol. The van der Waals surface area contributed by atoms with Crippen molar-refractivity contribution in [3.63, 3.8) is 0 Å². The second-order valence-corrected chi connectivity index (χ2v) is 4.65. The second-order valence-electron chi connectivity index (χ2n) is 3.67. The molecule has 1 unspecified atom stereocenters. The normalized spacial score (nSPS) is 11.9. The van der Waals surface area contributed by atoms with Crippen molar-refractivity contribution in [1.29, 1.82) is 5.26 Å². The quantitative estimate of drug-likeness (QED) is 0.648. The highest BCUT2D eigenvalue weighted by Gasteiger charge is 2.18. The molecule has 2 N–H and O–H groups in total. The summed E-state index contributed by atoms with van der Waals surface area (Å²) in [5.74, 6) is -0.625. The van der Waals surface area contributed by atoms with E-state index in [1.54, 1.807) is 0 Å². The summed E-state index contributed by atoms with van der Waals surface area (Å²) in [5, 5.41) is 19.6. The van der Waals surface area contributed by atoms with E-state index in [9.17, 15) is 9.59 Å². The Morgan fingerprint density at radius 1 is 1.50 bits per heavy atom. The van der Waals surface area contributed by atoms with Crippen molar-refractivity contribution in [3.8, 4) is 6.07 Å². The second kappa shape index (κ2) is 7.99. The van der Waals surface area contributed by atoms with Crippen molar-refractivity contribution < 1.29 is 14.7 Å². The largest absolute Gasteiger partial charge is 0.481 e. The average Bonchev–Trinajstić information content (AvgIpc) is 2.16. The summed E-state index contributed by atoms with van der Waals surface area (Å²) < 4.78 is 0. The van der Waals surface area contributed by atoms with E-state index in [2.05, 4.69) is 5.32 Å². The number of carbonyl (C=O) groups is 2. The fraction of sp³-hybridized carbons (Fsp3) is 0.700. The van der Waals surface area contributed by atoms with Crippen LogP contribution in [-0.4, -0.2) is 34.5 Å². The molecule has 0 aliphatic heterocycles. The minimum atomic E-state index is -0.927. The Morgan fingerprint density at radius 3 is 2.56 bits per heavy atom. The molecule has 0 aromatic heterocycles. The van der Waals surface area contributed by atoms with Gasteiger partial charge in [0, 0.05) is 6.04 Å². The van der Waals surface area contributed by atoms with E-state index in [1.807, 2.05) is 19.9 Å². The van der Waals surface area contributed by atoms with Crippen LogP contribution < -0.4 is 5.32 Å². The van der Waals surface area contributed by atoms with Crippen LogP contribution in [0.4, 0.5) is 0 Å². The number of thioether (sulfide) groups is 1. The highest BCUT2D eigenvalue weighted by molar-refractivity contribution is 8.00. The van der Waals surface area contributed by atoms with Gasteiger partial charge < -0.3 is 10.4 Å². The number of hydrogen-bond donors (Lipinski definition) is 2. The molecule has 0 saturated heterocycles. The van der Waals surface area contributed by atoms with Crippen LogP contribution in [0.5, 0.6) is 0 Å². The first-order chi connectivity index (χ1) is 7.47. The van der Waals surface area contributed by atoms with Gasteiger partial charge in [-0.2, -0.15) is 5.26 Å². The molecular weight excluding hydrogens is 228 g/mol. The maximum absolute atomic E-state index is 11.4. The number of amides is 1. The minimum absolute atomic E-state index is 0.0704. The molecular formula is C10H16N2O3S. The number of hydrogen-bond acceptors (Lipinski definition) is 4. The van der Waals surface area contributed by atoms with Gasteiger partial charge in [0.25, 0.3) is 0 Å². The Morgan fingerprint density at radius 2 is 2.12 bits per heavy atom. The zero-order chi connectivity index (χ0) is 12.6. The van der Waals surface area contributed by atoms with Gasteiger partial charge in [0.2, 0.25) is 5.91 Å². The van der Waals surface area contributed by atoms with E-state index in [4.69, 9.17) is 10.4 Å². The summed E-state index contributed by atoms with van der Waals surface area (Å²) in [4.78, 5) is 21.9. The summed E-state index contributed by atoms with van der Waals surface area (Å²) in [7, 11) is 0. The van der Waals surface area contributed by atoms with E-state index in [1.165, 1.54) is 11.8 Å². The molecule has 1 amide bonds. The molecule has 0 heterocycles. The van der Waals surface area contributed by atoms with Gasteiger partial charge in [0.15, 0.2) is 0 Å². The van der Waals surface area contributed by atoms with E-state index < -0.39 is 5.97 Å². The maximum Gasteiger partial charge on any atom is 0.305 e. The van der Waals surface area contributed by atoms with Gasteiger partial charge in [0.05, 0.1) is 24.0 Å². The minimum Gasteiger partial charge on any atom is -0.481 e. The lowest BCUT2D eigenvalue weighted by molar-refractivity contribution is -0.138. The first kappa shape index (κ1) is 14.8. The third kappa shape index (κ3) is 7.12. The molecule has 0 aliphatic rings. The molecule has 0 saturated carbocycles. The molecule has 5 nitrogen and oxygen atoms in total. The summed E-state index contributed by atoms with van der Waals surface area (Å²) in [6.45, 7) is 3.71. The Hall–Kier alpha value is -1.22. The predicted molar refractivity (Wildman–Crippen MR) is 62.0 cm³/mol. The number of rotatable bonds is 7. The van der Waals surface area contributed by atoms with Crippen LogP contribution in [-0.2, 0) is 9.59 Å². The van der Waals surface area contributed by atoms with Crippen molar-refractivity contribution in [2.45, 2.75) is 26.3 Å². The topological polar surface area (TPSA) is 90.2 Å². The number of carboxylic acid groups (broad SMARTS) is 1. The Balaban J connectivity index is 4.04. The van der Waals surface area contributed by atoms with E-state index in [-0.39, 0.29) is 35.8 Å². The van der Waals surface area contributed by atoms with Crippen LogP contribution in [0.25, 0.3) is 0 Å². The number of carbonyl (C=O) groups excluding carboxylic acids is 1. The summed E-state index contributed by atoms with van der Waals surface area (Å²) in [5.41, 5.74) is 0. The van der Waals surface area contributed by atoms with Gasteiger partial charge in [0.1, 0.15) is 0 Å². The highest BCUT2D eigenvalue weighted by Crippen LogP contribution is 2.07. The van der Waals surface area contributed by atoms with Crippen molar-refractivity contribution >= 4 is 23.6 Å². The standard InChI is InChI=1S/C10H16N2O3S/c1-7(2)8(5-10(14)15)12-9(13)6-16-4-3-11/h7-8H,4-6H2,1-2H3,(H,12,13)(H,14,15). The zero-order valence-corrected chi connectivity index (χ0v) is 10.2. The Kier molecular flexibility index (Phi) is 7.38. The van der Waals surface area contributed by atoms with Crippen LogP contribution in [0.3, 0.4) is 0 Å². The number of nitriles is 1. The van der Waals surface area contributed by atoms with Crippen LogP contribution in [0.2, 0.25) is 0 Å². The molecule has 0 fully saturated rings. The fourth-order valence-corrected chi connectivity index (χ4v) is 1.54. The Bertz CT molecular complexity index is 286. The van der Waals surface area contributed by atoms with Gasteiger partial charge >= 0.3 is 5.97 Å². The van der Waals surface area contributed by atoms with Gasteiger partial charge in [-0.1, -0.05) is 13.8 Å². The molecule has 0 spiro atoms. The molecule has 90 valence electrons. The molecule has 6 heteroatoms. The number of aliphatic carboxylic acids is 1. The predicted octanol–water partition coefficient (Wildman–Crippen LogP) is 0.859. The van der Waals surface area contributed by atoms with Crippen molar-refractivity contribution in [2.24, 2.45) is 5.92 Å². The zero-order valence-electron chi connectivity index (χ0n) is 9.40. The number of carboxylic acids is 1. The van der Waals surface area contributed by atoms with Crippen molar-refractivity contribution in [1.82, 2.24) is 5.32 Å². The third-order valence-electron chi connectivity index (χ3n) is 1.95.